The number of piperidine rings is 1. The Labute approximate surface area is 83.0 Å². The summed E-state index contributed by atoms with van der Waals surface area (Å²) >= 11 is 0. The average molecular weight is 184 g/mol. The van der Waals surface area contributed by atoms with Crippen molar-refractivity contribution in [2.24, 2.45) is 5.41 Å². The maximum absolute atomic E-state index is 3.61. The van der Waals surface area contributed by atoms with Crippen molar-refractivity contribution in [3.63, 3.8) is 0 Å². The van der Waals surface area contributed by atoms with E-state index in [1.807, 2.05) is 0 Å². The Morgan fingerprint density at radius 2 is 2.08 bits per heavy atom. The minimum atomic E-state index is 0. The molecule has 78 valence electrons. The van der Waals surface area contributed by atoms with Gasteiger partial charge in [0.2, 0.25) is 0 Å². The number of rotatable bonds is 4. The molecule has 1 saturated carbocycles. The molecule has 2 aliphatic rings. The zero-order valence-electron chi connectivity index (χ0n) is 8.73. The van der Waals surface area contributed by atoms with Crippen LogP contribution < -0.4 is 10.6 Å². The van der Waals surface area contributed by atoms with Gasteiger partial charge in [0.25, 0.3) is 0 Å². The van der Waals surface area contributed by atoms with Gasteiger partial charge < -0.3 is 10.6 Å². The standard InChI is InChI=1S/C11H22N2.H2/c1-11(4-7-12-8-5-11)6-9-13-10-2-3-10;/h10,12-13H,2-9H2,1H3;1H. The summed E-state index contributed by atoms with van der Waals surface area (Å²) in [6, 6.07) is 0.880. The zero-order valence-corrected chi connectivity index (χ0v) is 8.73. The third kappa shape index (κ3) is 2.96. The summed E-state index contributed by atoms with van der Waals surface area (Å²) in [5.74, 6) is 0. The van der Waals surface area contributed by atoms with Crippen LogP contribution in [-0.2, 0) is 0 Å². The van der Waals surface area contributed by atoms with Gasteiger partial charge in [0.1, 0.15) is 0 Å². The first-order valence-electron chi connectivity index (χ1n) is 5.73. The first-order chi connectivity index (χ1) is 6.29. The quantitative estimate of drug-likeness (QED) is 0.696. The molecule has 0 aromatic carbocycles. The fraction of sp³-hybridized carbons (Fsp3) is 1.00. The van der Waals surface area contributed by atoms with Crippen molar-refractivity contribution in [3.05, 3.63) is 0 Å². The Kier molecular flexibility index (Phi) is 2.89. The Bertz CT molecular complexity index is 163. The molecule has 1 aliphatic heterocycles. The van der Waals surface area contributed by atoms with E-state index in [1.54, 1.807) is 0 Å². The van der Waals surface area contributed by atoms with Crippen molar-refractivity contribution in [1.82, 2.24) is 10.6 Å². The molecule has 0 aromatic rings. The van der Waals surface area contributed by atoms with Crippen LogP contribution in [0.1, 0.15) is 40.5 Å². The van der Waals surface area contributed by atoms with Crippen molar-refractivity contribution in [1.29, 1.82) is 0 Å². The lowest BCUT2D eigenvalue weighted by Gasteiger charge is -2.34. The molecule has 0 atom stereocenters. The Morgan fingerprint density at radius 3 is 2.69 bits per heavy atom. The molecular formula is C11H24N2. The van der Waals surface area contributed by atoms with Crippen LogP contribution in [0.3, 0.4) is 0 Å². The van der Waals surface area contributed by atoms with E-state index in [0.29, 0.717) is 5.41 Å². The van der Waals surface area contributed by atoms with E-state index in [9.17, 15) is 0 Å². The summed E-state index contributed by atoms with van der Waals surface area (Å²) in [6.07, 6.45) is 6.92. The van der Waals surface area contributed by atoms with Crippen LogP contribution in [0.15, 0.2) is 0 Å². The van der Waals surface area contributed by atoms with Crippen LogP contribution in [0.2, 0.25) is 0 Å². The fourth-order valence-electron chi connectivity index (χ4n) is 2.15. The van der Waals surface area contributed by atoms with Gasteiger partial charge in [-0.15, -0.1) is 0 Å². The molecule has 0 aromatic heterocycles. The lowest BCUT2D eigenvalue weighted by molar-refractivity contribution is 0.209. The van der Waals surface area contributed by atoms with Gasteiger partial charge in [-0.3, -0.25) is 0 Å². The molecule has 2 nitrogen and oxygen atoms in total. The van der Waals surface area contributed by atoms with Gasteiger partial charge in [0, 0.05) is 7.47 Å². The van der Waals surface area contributed by atoms with Gasteiger partial charge in [-0.2, -0.15) is 0 Å². The molecular weight excluding hydrogens is 160 g/mol. The van der Waals surface area contributed by atoms with Crippen molar-refractivity contribution >= 4 is 0 Å². The van der Waals surface area contributed by atoms with E-state index >= 15 is 0 Å². The zero-order chi connectivity index (χ0) is 9.15. The lowest BCUT2D eigenvalue weighted by Crippen LogP contribution is -2.36. The van der Waals surface area contributed by atoms with Crippen LogP contribution in [0.5, 0.6) is 0 Å². The number of hydrogen-bond donors (Lipinski definition) is 2. The summed E-state index contributed by atoms with van der Waals surface area (Å²) < 4.78 is 0. The van der Waals surface area contributed by atoms with Gasteiger partial charge in [-0.1, -0.05) is 6.92 Å². The van der Waals surface area contributed by atoms with E-state index in [2.05, 4.69) is 17.6 Å². The molecule has 2 rings (SSSR count). The fourth-order valence-corrected chi connectivity index (χ4v) is 2.15. The first kappa shape index (κ1) is 9.47. The van der Waals surface area contributed by atoms with Crippen molar-refractivity contribution in [2.45, 2.75) is 45.1 Å². The average Bonchev–Trinajstić information content (AvgIpc) is 2.89. The minimum absolute atomic E-state index is 0. The van der Waals surface area contributed by atoms with E-state index in [-0.39, 0.29) is 1.43 Å². The third-order valence-electron chi connectivity index (χ3n) is 3.55. The second-order valence-electron chi connectivity index (χ2n) is 5.04. The molecule has 2 N–H and O–H groups in total. The second-order valence-corrected chi connectivity index (χ2v) is 5.04. The first-order valence-corrected chi connectivity index (χ1v) is 5.73. The van der Waals surface area contributed by atoms with Crippen LogP contribution in [0, 0.1) is 5.41 Å². The molecule has 0 bridgehead atoms. The van der Waals surface area contributed by atoms with Crippen molar-refractivity contribution in [3.8, 4) is 0 Å². The number of nitrogens with one attached hydrogen (secondary N) is 2. The van der Waals surface area contributed by atoms with E-state index in [4.69, 9.17) is 0 Å². The van der Waals surface area contributed by atoms with Gasteiger partial charge in [0.15, 0.2) is 0 Å². The highest BCUT2D eigenvalue weighted by molar-refractivity contribution is 4.84. The lowest BCUT2D eigenvalue weighted by atomic mass is 9.78. The summed E-state index contributed by atoms with van der Waals surface area (Å²) in [5, 5.41) is 7.04. The Hall–Kier alpha value is -0.0800. The highest BCUT2D eigenvalue weighted by atomic mass is 14.9. The van der Waals surface area contributed by atoms with E-state index in [1.165, 1.54) is 51.7 Å². The molecule has 0 unspecified atom stereocenters. The van der Waals surface area contributed by atoms with Crippen LogP contribution in [0.25, 0.3) is 0 Å². The van der Waals surface area contributed by atoms with E-state index in [0.717, 1.165) is 6.04 Å². The normalized spacial score (nSPS) is 27.5. The highest BCUT2D eigenvalue weighted by Crippen LogP contribution is 2.31. The molecule has 13 heavy (non-hydrogen) atoms. The summed E-state index contributed by atoms with van der Waals surface area (Å²) in [4.78, 5) is 0. The summed E-state index contributed by atoms with van der Waals surface area (Å²) in [7, 11) is 0. The molecule has 0 amide bonds. The van der Waals surface area contributed by atoms with E-state index < -0.39 is 0 Å². The molecule has 0 spiro atoms. The number of hydrogen-bond acceptors (Lipinski definition) is 2. The minimum Gasteiger partial charge on any atom is -0.317 e. The molecule has 2 fully saturated rings. The topological polar surface area (TPSA) is 24.1 Å². The molecule has 1 heterocycles. The Balaban J connectivity index is 0.000000980. The maximum Gasteiger partial charge on any atom is 0.00682 e. The predicted octanol–water partition coefficient (Wildman–Crippen LogP) is 1.76. The highest BCUT2D eigenvalue weighted by Gasteiger charge is 2.27. The largest absolute Gasteiger partial charge is 0.317 e. The smallest absolute Gasteiger partial charge is 0.00682 e. The predicted molar refractivity (Wildman–Crippen MR) is 58.0 cm³/mol. The molecule has 1 aliphatic carbocycles. The third-order valence-corrected chi connectivity index (χ3v) is 3.55. The van der Waals surface area contributed by atoms with Crippen LogP contribution in [-0.4, -0.2) is 25.7 Å². The SMILES string of the molecule is CC1(CCNC2CC2)CCNCC1.[HH]. The second kappa shape index (κ2) is 3.97. The van der Waals surface area contributed by atoms with Gasteiger partial charge in [0.05, 0.1) is 0 Å². The maximum atomic E-state index is 3.61. The monoisotopic (exact) mass is 184 g/mol. The summed E-state index contributed by atoms with van der Waals surface area (Å²) in [6.45, 7) is 6.13. The van der Waals surface area contributed by atoms with Crippen LogP contribution in [0.4, 0.5) is 0 Å². The van der Waals surface area contributed by atoms with Crippen molar-refractivity contribution in [2.75, 3.05) is 19.6 Å². The van der Waals surface area contributed by atoms with Crippen LogP contribution >= 0.6 is 0 Å². The molecule has 1 saturated heterocycles. The van der Waals surface area contributed by atoms with Gasteiger partial charge in [-0.05, 0) is 57.2 Å². The summed E-state index contributed by atoms with van der Waals surface area (Å²) in [5.41, 5.74) is 0.618. The molecule has 2 heteroatoms. The van der Waals surface area contributed by atoms with Gasteiger partial charge >= 0.3 is 0 Å². The van der Waals surface area contributed by atoms with Crippen molar-refractivity contribution < 1.29 is 1.43 Å². The van der Waals surface area contributed by atoms with Gasteiger partial charge in [-0.25, -0.2) is 0 Å². The molecule has 0 radical (unpaired) electrons. The Morgan fingerprint density at radius 1 is 1.38 bits per heavy atom.